The van der Waals surface area contributed by atoms with Gasteiger partial charge in [0.2, 0.25) is 5.90 Å². The van der Waals surface area contributed by atoms with Crippen LogP contribution in [0.2, 0.25) is 0 Å². The van der Waals surface area contributed by atoms with E-state index in [2.05, 4.69) is 4.99 Å². The summed E-state index contributed by atoms with van der Waals surface area (Å²) in [6.07, 6.45) is 1.55. The third-order valence-electron chi connectivity index (χ3n) is 4.08. The summed E-state index contributed by atoms with van der Waals surface area (Å²) in [6, 6.07) is 9.99. The van der Waals surface area contributed by atoms with Gasteiger partial charge in [-0.15, -0.1) is 0 Å². The molecule has 1 amide bonds. The monoisotopic (exact) mass is 412 g/mol. The second-order valence-corrected chi connectivity index (χ2v) is 6.10. The zero-order chi connectivity index (χ0) is 21.7. The molecule has 0 aliphatic carbocycles. The van der Waals surface area contributed by atoms with Gasteiger partial charge in [0, 0.05) is 11.6 Å². The Morgan fingerprint density at radius 1 is 1.03 bits per heavy atom. The van der Waals surface area contributed by atoms with Crippen LogP contribution in [0, 0.1) is 0 Å². The number of cyclic esters (lactones) is 1. The molecule has 2 aromatic carbocycles. The summed E-state index contributed by atoms with van der Waals surface area (Å²) in [5.41, 5.74) is 6.36. The van der Waals surface area contributed by atoms with Crippen LogP contribution in [0.15, 0.2) is 47.1 Å². The summed E-state index contributed by atoms with van der Waals surface area (Å²) < 4.78 is 26.3. The Morgan fingerprint density at radius 3 is 2.33 bits per heavy atom. The number of carbonyl (C=O) groups excluding carboxylic acids is 2. The lowest BCUT2D eigenvalue weighted by molar-refractivity contribution is -0.130. The quantitative estimate of drug-likeness (QED) is 0.520. The lowest BCUT2D eigenvalue weighted by Crippen LogP contribution is -2.20. The van der Waals surface area contributed by atoms with Crippen LogP contribution in [0.25, 0.3) is 6.08 Å². The number of carbonyl (C=O) groups is 2. The first-order valence-electron chi connectivity index (χ1n) is 8.78. The third-order valence-corrected chi connectivity index (χ3v) is 4.08. The average molecular weight is 412 g/mol. The van der Waals surface area contributed by atoms with E-state index < -0.39 is 11.9 Å². The molecule has 0 radical (unpaired) electrons. The Kier molecular flexibility index (Phi) is 6.21. The van der Waals surface area contributed by atoms with Crippen LogP contribution in [-0.4, -0.2) is 45.7 Å². The van der Waals surface area contributed by atoms with Crippen molar-refractivity contribution in [2.24, 2.45) is 10.7 Å². The van der Waals surface area contributed by atoms with Crippen LogP contribution in [-0.2, 0) is 14.3 Å². The topological polar surface area (TPSA) is 119 Å². The van der Waals surface area contributed by atoms with Gasteiger partial charge >= 0.3 is 5.97 Å². The second kappa shape index (κ2) is 8.99. The fourth-order valence-corrected chi connectivity index (χ4v) is 2.66. The minimum Gasteiger partial charge on any atom is -0.497 e. The fraction of sp³-hybridized carbons (Fsp3) is 0.190. The SMILES string of the molecule is COc1cc(OC)cc(C2=NC(=Cc3ccc(OCC(N)=O)c(OC)c3)C(=O)O2)c1. The lowest BCUT2D eigenvalue weighted by atomic mass is 10.1. The molecule has 2 N–H and O–H groups in total. The molecule has 9 nitrogen and oxygen atoms in total. The molecule has 0 bridgehead atoms. The Balaban J connectivity index is 1.90. The van der Waals surface area contributed by atoms with Gasteiger partial charge in [-0.2, -0.15) is 0 Å². The van der Waals surface area contributed by atoms with Gasteiger partial charge in [0.25, 0.3) is 5.91 Å². The van der Waals surface area contributed by atoms with E-state index in [4.69, 9.17) is 29.4 Å². The van der Waals surface area contributed by atoms with Crippen molar-refractivity contribution in [2.75, 3.05) is 27.9 Å². The normalized spacial score (nSPS) is 14.2. The Morgan fingerprint density at radius 2 is 1.73 bits per heavy atom. The van der Waals surface area contributed by atoms with E-state index in [0.29, 0.717) is 34.1 Å². The molecule has 0 saturated heterocycles. The minimum absolute atomic E-state index is 0.111. The van der Waals surface area contributed by atoms with Crippen LogP contribution >= 0.6 is 0 Å². The standard InChI is InChI=1S/C21H20N2O7/c1-26-14-8-13(9-15(10-14)27-2)20-23-16(21(25)30-20)6-12-4-5-17(18(7-12)28-3)29-11-19(22)24/h4-10H,11H2,1-3H3,(H2,22,24). The Labute approximate surface area is 172 Å². The maximum absolute atomic E-state index is 12.3. The number of primary amides is 1. The van der Waals surface area contributed by atoms with E-state index in [1.165, 1.54) is 21.3 Å². The molecule has 1 aliphatic heterocycles. The maximum atomic E-state index is 12.3. The molecule has 156 valence electrons. The molecule has 0 atom stereocenters. The number of ether oxygens (including phenoxy) is 5. The van der Waals surface area contributed by atoms with E-state index in [9.17, 15) is 9.59 Å². The summed E-state index contributed by atoms with van der Waals surface area (Å²) in [5, 5.41) is 0. The van der Waals surface area contributed by atoms with E-state index >= 15 is 0 Å². The summed E-state index contributed by atoms with van der Waals surface area (Å²) in [5.74, 6) is 0.733. The van der Waals surface area contributed by atoms with Gasteiger partial charge < -0.3 is 29.4 Å². The molecule has 0 fully saturated rings. The first kappa shape index (κ1) is 20.7. The molecule has 3 rings (SSSR count). The number of aliphatic imine (C=N–C) groups is 1. The number of nitrogens with two attached hydrogens (primary N) is 1. The predicted molar refractivity (Wildman–Crippen MR) is 108 cm³/mol. The summed E-state index contributed by atoms with van der Waals surface area (Å²) >= 11 is 0. The molecular weight excluding hydrogens is 392 g/mol. The fourth-order valence-electron chi connectivity index (χ4n) is 2.66. The zero-order valence-electron chi connectivity index (χ0n) is 16.6. The summed E-state index contributed by atoms with van der Waals surface area (Å²) in [4.78, 5) is 27.5. The Bertz CT molecular complexity index is 1020. The highest BCUT2D eigenvalue weighted by Gasteiger charge is 2.25. The lowest BCUT2D eigenvalue weighted by Gasteiger charge is -2.09. The van der Waals surface area contributed by atoms with Crippen LogP contribution < -0.4 is 24.7 Å². The molecule has 0 spiro atoms. The van der Waals surface area contributed by atoms with Gasteiger partial charge in [-0.1, -0.05) is 6.07 Å². The summed E-state index contributed by atoms with van der Waals surface area (Å²) in [7, 11) is 4.51. The molecule has 0 aromatic heterocycles. The van der Waals surface area contributed by atoms with Gasteiger partial charge in [-0.05, 0) is 35.9 Å². The second-order valence-electron chi connectivity index (χ2n) is 6.10. The first-order chi connectivity index (χ1) is 14.4. The number of amides is 1. The molecule has 0 saturated carbocycles. The van der Waals surface area contributed by atoms with Crippen molar-refractivity contribution in [1.82, 2.24) is 0 Å². The zero-order valence-corrected chi connectivity index (χ0v) is 16.6. The van der Waals surface area contributed by atoms with Crippen molar-refractivity contribution in [1.29, 1.82) is 0 Å². The van der Waals surface area contributed by atoms with Gasteiger partial charge in [-0.25, -0.2) is 9.79 Å². The van der Waals surface area contributed by atoms with Crippen LogP contribution in [0.5, 0.6) is 23.0 Å². The highest BCUT2D eigenvalue weighted by atomic mass is 16.6. The van der Waals surface area contributed by atoms with Crippen molar-refractivity contribution >= 4 is 23.9 Å². The van der Waals surface area contributed by atoms with E-state index in [1.54, 1.807) is 42.5 Å². The van der Waals surface area contributed by atoms with Crippen molar-refractivity contribution in [3.8, 4) is 23.0 Å². The highest BCUT2D eigenvalue weighted by Crippen LogP contribution is 2.30. The van der Waals surface area contributed by atoms with Gasteiger partial charge in [0.05, 0.1) is 21.3 Å². The third kappa shape index (κ3) is 4.69. The first-order valence-corrected chi connectivity index (χ1v) is 8.78. The molecule has 1 heterocycles. The molecule has 1 aliphatic rings. The molecule has 2 aromatic rings. The number of nitrogens with zero attached hydrogens (tertiary/aromatic N) is 1. The summed E-state index contributed by atoms with van der Waals surface area (Å²) in [6.45, 7) is -0.277. The van der Waals surface area contributed by atoms with Crippen molar-refractivity contribution in [2.45, 2.75) is 0 Å². The maximum Gasteiger partial charge on any atom is 0.363 e. The molecule has 0 unspecified atom stereocenters. The van der Waals surface area contributed by atoms with Crippen molar-refractivity contribution in [3.63, 3.8) is 0 Å². The minimum atomic E-state index is -0.604. The number of rotatable bonds is 8. The van der Waals surface area contributed by atoms with Gasteiger partial charge in [0.15, 0.2) is 23.8 Å². The van der Waals surface area contributed by atoms with Crippen LogP contribution in [0.1, 0.15) is 11.1 Å². The number of hydrogen-bond donors (Lipinski definition) is 1. The highest BCUT2D eigenvalue weighted by molar-refractivity contribution is 6.13. The molecule has 9 heteroatoms. The molecule has 30 heavy (non-hydrogen) atoms. The number of esters is 1. The number of hydrogen-bond acceptors (Lipinski definition) is 8. The molecular formula is C21H20N2O7. The van der Waals surface area contributed by atoms with Gasteiger partial charge in [0.1, 0.15) is 11.5 Å². The van der Waals surface area contributed by atoms with Crippen LogP contribution in [0.3, 0.4) is 0 Å². The Hall–Kier alpha value is -4.01. The van der Waals surface area contributed by atoms with Crippen LogP contribution in [0.4, 0.5) is 0 Å². The van der Waals surface area contributed by atoms with E-state index in [0.717, 1.165) is 0 Å². The average Bonchev–Trinajstić information content (AvgIpc) is 3.12. The number of methoxy groups -OCH3 is 3. The predicted octanol–water partition coefficient (Wildman–Crippen LogP) is 1.92. The van der Waals surface area contributed by atoms with E-state index in [1.807, 2.05) is 0 Å². The van der Waals surface area contributed by atoms with Crippen molar-refractivity contribution in [3.05, 3.63) is 53.2 Å². The number of benzene rings is 2. The largest absolute Gasteiger partial charge is 0.497 e. The van der Waals surface area contributed by atoms with Crippen molar-refractivity contribution < 1.29 is 33.3 Å². The van der Waals surface area contributed by atoms with Gasteiger partial charge in [-0.3, -0.25) is 4.79 Å². The smallest absolute Gasteiger partial charge is 0.363 e. The van der Waals surface area contributed by atoms with E-state index in [-0.39, 0.29) is 18.2 Å².